The molecule has 14 heavy (non-hydrogen) atoms. The molecule has 0 radical (unpaired) electrons. The lowest BCUT2D eigenvalue weighted by Gasteiger charge is -2.28. The van der Waals surface area contributed by atoms with Gasteiger partial charge < -0.3 is 15.7 Å². The molecule has 0 rings (SSSR count). The molecule has 2 amide bonds. The summed E-state index contributed by atoms with van der Waals surface area (Å²) in [7, 11) is 0. The highest BCUT2D eigenvalue weighted by molar-refractivity contribution is 5.74. The normalized spacial score (nSPS) is 13.5. The van der Waals surface area contributed by atoms with E-state index in [1.54, 1.807) is 0 Å². The van der Waals surface area contributed by atoms with Crippen LogP contribution in [0.4, 0.5) is 4.79 Å². The summed E-state index contributed by atoms with van der Waals surface area (Å²) in [6, 6.07) is -0.0440. The van der Waals surface area contributed by atoms with E-state index in [-0.39, 0.29) is 24.1 Å². The molecule has 3 N–H and O–H groups in total. The predicted molar refractivity (Wildman–Crippen MR) is 57.2 cm³/mol. The van der Waals surface area contributed by atoms with Crippen molar-refractivity contribution in [2.24, 2.45) is 5.41 Å². The Labute approximate surface area is 86.1 Å². The third-order valence-electron chi connectivity index (χ3n) is 2.27. The number of urea groups is 1. The van der Waals surface area contributed by atoms with E-state index in [2.05, 4.69) is 31.4 Å². The van der Waals surface area contributed by atoms with Crippen LogP contribution < -0.4 is 10.6 Å². The van der Waals surface area contributed by atoms with Crippen LogP contribution in [0.5, 0.6) is 0 Å². The number of amides is 2. The van der Waals surface area contributed by atoms with Crippen molar-refractivity contribution in [1.29, 1.82) is 0 Å². The van der Waals surface area contributed by atoms with E-state index in [9.17, 15) is 4.79 Å². The Morgan fingerprint density at radius 1 is 1.43 bits per heavy atom. The van der Waals surface area contributed by atoms with E-state index in [0.29, 0.717) is 13.0 Å². The zero-order valence-electron chi connectivity index (χ0n) is 9.55. The molecule has 0 heterocycles. The first-order chi connectivity index (χ1) is 6.38. The highest BCUT2D eigenvalue weighted by Crippen LogP contribution is 2.18. The van der Waals surface area contributed by atoms with Gasteiger partial charge in [0.2, 0.25) is 0 Å². The number of rotatable bonds is 4. The lowest BCUT2D eigenvalue weighted by atomic mass is 9.88. The van der Waals surface area contributed by atoms with Crippen molar-refractivity contribution in [3.63, 3.8) is 0 Å². The number of carbonyl (C=O) groups excluding carboxylic acids is 1. The van der Waals surface area contributed by atoms with Gasteiger partial charge in [0.25, 0.3) is 0 Å². The van der Waals surface area contributed by atoms with Crippen molar-refractivity contribution < 1.29 is 9.90 Å². The Hall–Kier alpha value is -0.770. The average Bonchev–Trinajstić information content (AvgIpc) is 2.03. The summed E-state index contributed by atoms with van der Waals surface area (Å²) in [4.78, 5) is 11.3. The molecule has 0 saturated carbocycles. The average molecular weight is 202 g/mol. The maximum atomic E-state index is 11.3. The number of hydrogen-bond acceptors (Lipinski definition) is 2. The largest absolute Gasteiger partial charge is 0.396 e. The van der Waals surface area contributed by atoms with Gasteiger partial charge in [-0.1, -0.05) is 20.8 Å². The van der Waals surface area contributed by atoms with Crippen molar-refractivity contribution in [3.05, 3.63) is 0 Å². The number of nitrogens with one attached hydrogen (secondary N) is 2. The zero-order valence-corrected chi connectivity index (χ0v) is 9.55. The first kappa shape index (κ1) is 13.2. The molecule has 0 saturated heterocycles. The number of aliphatic hydroxyl groups is 1. The van der Waals surface area contributed by atoms with Crippen LogP contribution in [-0.4, -0.2) is 30.3 Å². The lowest BCUT2D eigenvalue weighted by molar-refractivity contribution is 0.220. The summed E-state index contributed by atoms with van der Waals surface area (Å²) in [5.41, 5.74) is 0.0638. The number of carbonyl (C=O) groups is 1. The standard InChI is InChI=1S/C10H22N2O2/c1-8(10(2,3)4)12-9(14)11-6-5-7-13/h8,13H,5-7H2,1-4H3,(H2,11,12,14). The molecular formula is C10H22N2O2. The van der Waals surface area contributed by atoms with Crippen LogP contribution in [0.15, 0.2) is 0 Å². The minimum Gasteiger partial charge on any atom is -0.396 e. The highest BCUT2D eigenvalue weighted by atomic mass is 16.3. The third kappa shape index (κ3) is 5.80. The fourth-order valence-corrected chi connectivity index (χ4v) is 0.745. The molecule has 0 aliphatic heterocycles. The molecule has 0 aliphatic carbocycles. The second kappa shape index (κ2) is 5.86. The first-order valence-corrected chi connectivity index (χ1v) is 5.03. The minimum absolute atomic E-state index is 0.0638. The van der Waals surface area contributed by atoms with Gasteiger partial charge in [-0.2, -0.15) is 0 Å². The number of aliphatic hydroxyl groups excluding tert-OH is 1. The molecule has 0 fully saturated rings. The van der Waals surface area contributed by atoms with Gasteiger partial charge in [0, 0.05) is 19.2 Å². The third-order valence-corrected chi connectivity index (χ3v) is 2.27. The van der Waals surface area contributed by atoms with Gasteiger partial charge in [0.05, 0.1) is 0 Å². The molecule has 0 aromatic rings. The Balaban J connectivity index is 3.72. The van der Waals surface area contributed by atoms with Gasteiger partial charge in [-0.3, -0.25) is 0 Å². The van der Waals surface area contributed by atoms with Crippen LogP contribution in [0.2, 0.25) is 0 Å². The van der Waals surface area contributed by atoms with E-state index in [4.69, 9.17) is 5.11 Å². The van der Waals surface area contributed by atoms with Gasteiger partial charge >= 0.3 is 6.03 Å². The second-order valence-corrected chi connectivity index (χ2v) is 4.57. The summed E-state index contributed by atoms with van der Waals surface area (Å²) >= 11 is 0. The van der Waals surface area contributed by atoms with Crippen LogP contribution in [0.1, 0.15) is 34.1 Å². The molecule has 0 spiro atoms. The van der Waals surface area contributed by atoms with Crippen LogP contribution >= 0.6 is 0 Å². The van der Waals surface area contributed by atoms with Gasteiger partial charge in [-0.05, 0) is 18.8 Å². The van der Waals surface area contributed by atoms with Crippen molar-refractivity contribution in [2.75, 3.05) is 13.2 Å². The smallest absolute Gasteiger partial charge is 0.315 e. The molecule has 1 unspecified atom stereocenters. The minimum atomic E-state index is -0.166. The van der Waals surface area contributed by atoms with Gasteiger partial charge in [-0.25, -0.2) is 4.79 Å². The van der Waals surface area contributed by atoms with E-state index in [0.717, 1.165) is 0 Å². The Kier molecular flexibility index (Phi) is 5.53. The second-order valence-electron chi connectivity index (χ2n) is 4.57. The SMILES string of the molecule is CC(NC(=O)NCCCO)C(C)(C)C. The topological polar surface area (TPSA) is 61.4 Å². The molecule has 4 heteroatoms. The van der Waals surface area contributed by atoms with E-state index < -0.39 is 0 Å². The van der Waals surface area contributed by atoms with Gasteiger partial charge in [0.1, 0.15) is 0 Å². The summed E-state index contributed by atoms with van der Waals surface area (Å²) < 4.78 is 0. The fourth-order valence-electron chi connectivity index (χ4n) is 0.745. The van der Waals surface area contributed by atoms with Crippen molar-refractivity contribution >= 4 is 6.03 Å². The van der Waals surface area contributed by atoms with E-state index >= 15 is 0 Å². The summed E-state index contributed by atoms with van der Waals surface area (Å²) in [5.74, 6) is 0. The molecule has 84 valence electrons. The Morgan fingerprint density at radius 2 is 2.00 bits per heavy atom. The van der Waals surface area contributed by atoms with Crippen LogP contribution in [0, 0.1) is 5.41 Å². The van der Waals surface area contributed by atoms with Crippen molar-refractivity contribution in [2.45, 2.75) is 40.2 Å². The molecule has 4 nitrogen and oxygen atoms in total. The fraction of sp³-hybridized carbons (Fsp3) is 0.900. The quantitative estimate of drug-likeness (QED) is 0.598. The first-order valence-electron chi connectivity index (χ1n) is 5.03. The van der Waals surface area contributed by atoms with Crippen LogP contribution in [-0.2, 0) is 0 Å². The molecular weight excluding hydrogens is 180 g/mol. The molecule has 0 bridgehead atoms. The van der Waals surface area contributed by atoms with Gasteiger partial charge in [-0.15, -0.1) is 0 Å². The lowest BCUT2D eigenvalue weighted by Crippen LogP contribution is -2.46. The maximum Gasteiger partial charge on any atom is 0.315 e. The monoisotopic (exact) mass is 202 g/mol. The van der Waals surface area contributed by atoms with Crippen LogP contribution in [0.25, 0.3) is 0 Å². The summed E-state index contributed by atoms with van der Waals surface area (Å²) in [5, 5.41) is 14.0. The zero-order chi connectivity index (χ0) is 11.2. The Morgan fingerprint density at radius 3 is 2.43 bits per heavy atom. The van der Waals surface area contributed by atoms with E-state index in [1.807, 2.05) is 6.92 Å². The van der Waals surface area contributed by atoms with Gasteiger partial charge in [0.15, 0.2) is 0 Å². The Bertz CT molecular complexity index is 175. The predicted octanol–water partition coefficient (Wildman–Crippen LogP) is 1.10. The number of hydrogen-bond donors (Lipinski definition) is 3. The summed E-state index contributed by atoms with van der Waals surface area (Å²) in [6.45, 7) is 8.82. The molecule has 0 aliphatic rings. The molecule has 0 aromatic heterocycles. The van der Waals surface area contributed by atoms with Crippen molar-refractivity contribution in [1.82, 2.24) is 10.6 Å². The van der Waals surface area contributed by atoms with E-state index in [1.165, 1.54) is 0 Å². The molecule has 0 aromatic carbocycles. The summed E-state index contributed by atoms with van der Waals surface area (Å²) in [6.07, 6.45) is 0.595. The van der Waals surface area contributed by atoms with Crippen LogP contribution in [0.3, 0.4) is 0 Å². The molecule has 1 atom stereocenters. The highest BCUT2D eigenvalue weighted by Gasteiger charge is 2.21. The maximum absolute atomic E-state index is 11.3. The van der Waals surface area contributed by atoms with Crippen molar-refractivity contribution in [3.8, 4) is 0 Å².